The Kier molecular flexibility index (Phi) is 5.90. The van der Waals surface area contributed by atoms with Crippen molar-refractivity contribution in [2.45, 2.75) is 57.9 Å². The molecule has 6 nitrogen and oxygen atoms in total. The minimum Gasteiger partial charge on any atom is -0.373 e. The number of amides is 2. The summed E-state index contributed by atoms with van der Waals surface area (Å²) < 4.78 is 21.7. The zero-order chi connectivity index (χ0) is 19.3. The van der Waals surface area contributed by atoms with Gasteiger partial charge in [0.2, 0.25) is 0 Å². The van der Waals surface area contributed by atoms with Gasteiger partial charge in [-0.15, -0.1) is 0 Å². The van der Waals surface area contributed by atoms with Crippen LogP contribution in [0.25, 0.3) is 0 Å². The second-order valence-corrected chi connectivity index (χ2v) is 7.55. The Balaban J connectivity index is 1.19. The van der Waals surface area contributed by atoms with Crippen LogP contribution in [0.2, 0.25) is 0 Å². The zero-order valence-corrected chi connectivity index (χ0v) is 16.1. The number of hydrogen-bond acceptors (Lipinski definition) is 3. The lowest BCUT2D eigenvalue weighted by atomic mass is 10.1. The second kappa shape index (κ2) is 8.73. The maximum absolute atomic E-state index is 13.7. The van der Waals surface area contributed by atoms with E-state index in [9.17, 15) is 9.18 Å². The molecule has 2 aliphatic rings. The van der Waals surface area contributed by atoms with E-state index in [-0.39, 0.29) is 24.6 Å². The molecule has 0 spiro atoms. The number of rotatable bonds is 5. The molecular weight excluding hydrogens is 359 g/mol. The SMILES string of the molecule is O=C(NCc1cn2c(n1)CCCC2)N1CCC(OCc2ccccc2F)CC1. The fourth-order valence-corrected chi connectivity index (χ4v) is 3.88. The van der Waals surface area contributed by atoms with Crippen molar-refractivity contribution in [2.75, 3.05) is 13.1 Å². The van der Waals surface area contributed by atoms with Crippen LogP contribution in [0.1, 0.15) is 42.8 Å². The van der Waals surface area contributed by atoms with Crippen LogP contribution >= 0.6 is 0 Å². The van der Waals surface area contributed by atoms with E-state index in [1.807, 2.05) is 11.0 Å². The number of hydrogen-bond donors (Lipinski definition) is 1. The number of carbonyl (C=O) groups excluding carboxylic acids is 1. The molecule has 2 amide bonds. The van der Waals surface area contributed by atoms with Gasteiger partial charge in [0.1, 0.15) is 11.6 Å². The van der Waals surface area contributed by atoms with E-state index in [4.69, 9.17) is 4.74 Å². The third-order valence-electron chi connectivity index (χ3n) is 5.54. The summed E-state index contributed by atoms with van der Waals surface area (Å²) in [6.45, 7) is 3.05. The maximum Gasteiger partial charge on any atom is 0.317 e. The van der Waals surface area contributed by atoms with Crippen LogP contribution in [0, 0.1) is 5.82 Å². The number of carbonyl (C=O) groups is 1. The van der Waals surface area contributed by atoms with Crippen molar-refractivity contribution in [3.8, 4) is 0 Å². The molecule has 0 saturated carbocycles. The van der Waals surface area contributed by atoms with Crippen LogP contribution in [0.4, 0.5) is 9.18 Å². The molecule has 1 aromatic carbocycles. The number of benzene rings is 1. The Morgan fingerprint density at radius 3 is 2.82 bits per heavy atom. The third-order valence-corrected chi connectivity index (χ3v) is 5.54. The summed E-state index contributed by atoms with van der Waals surface area (Å²) in [7, 11) is 0. The number of fused-ring (bicyclic) bond motifs is 1. The number of aromatic nitrogens is 2. The van der Waals surface area contributed by atoms with Crippen LogP contribution in [-0.4, -0.2) is 39.7 Å². The predicted molar refractivity (Wildman–Crippen MR) is 103 cm³/mol. The molecular formula is C21H27FN4O2. The molecule has 1 N–H and O–H groups in total. The zero-order valence-electron chi connectivity index (χ0n) is 16.1. The first-order valence-electron chi connectivity index (χ1n) is 10.1. The summed E-state index contributed by atoms with van der Waals surface area (Å²) in [4.78, 5) is 18.9. The third kappa shape index (κ3) is 4.52. The van der Waals surface area contributed by atoms with Gasteiger partial charge in [-0.05, 0) is 31.7 Å². The Morgan fingerprint density at radius 1 is 1.21 bits per heavy atom. The van der Waals surface area contributed by atoms with Gasteiger partial charge in [-0.2, -0.15) is 0 Å². The van der Waals surface area contributed by atoms with Gasteiger partial charge < -0.3 is 19.5 Å². The van der Waals surface area contributed by atoms with Crippen LogP contribution in [0.15, 0.2) is 30.5 Å². The minimum absolute atomic E-state index is 0.0569. The van der Waals surface area contributed by atoms with Crippen molar-refractivity contribution < 1.29 is 13.9 Å². The molecule has 0 aliphatic carbocycles. The molecule has 150 valence electrons. The Bertz CT molecular complexity index is 791. The Hall–Kier alpha value is -2.41. The van der Waals surface area contributed by atoms with Crippen molar-refractivity contribution in [2.24, 2.45) is 0 Å². The highest BCUT2D eigenvalue weighted by Crippen LogP contribution is 2.18. The highest BCUT2D eigenvalue weighted by atomic mass is 19.1. The molecule has 1 aromatic heterocycles. The first kappa shape index (κ1) is 18.9. The first-order valence-corrected chi connectivity index (χ1v) is 10.1. The minimum atomic E-state index is -0.236. The number of likely N-dealkylation sites (tertiary alicyclic amines) is 1. The van der Waals surface area contributed by atoms with Gasteiger partial charge >= 0.3 is 6.03 Å². The molecule has 0 atom stereocenters. The molecule has 7 heteroatoms. The highest BCUT2D eigenvalue weighted by molar-refractivity contribution is 5.74. The molecule has 1 saturated heterocycles. The highest BCUT2D eigenvalue weighted by Gasteiger charge is 2.23. The van der Waals surface area contributed by atoms with Gasteiger partial charge in [0.15, 0.2) is 0 Å². The van der Waals surface area contributed by atoms with Crippen molar-refractivity contribution in [3.63, 3.8) is 0 Å². The number of aryl methyl sites for hydroxylation is 2. The summed E-state index contributed by atoms with van der Waals surface area (Å²) in [6, 6.07) is 6.62. The van der Waals surface area contributed by atoms with Gasteiger partial charge in [0.25, 0.3) is 0 Å². The summed E-state index contributed by atoms with van der Waals surface area (Å²) in [5, 5.41) is 2.98. The molecule has 0 unspecified atom stereocenters. The number of urea groups is 1. The van der Waals surface area contributed by atoms with Gasteiger partial charge in [-0.1, -0.05) is 18.2 Å². The predicted octanol–water partition coefficient (Wildman–Crippen LogP) is 3.25. The van der Waals surface area contributed by atoms with E-state index in [1.165, 1.54) is 18.9 Å². The number of nitrogens with one attached hydrogen (secondary N) is 1. The lowest BCUT2D eigenvalue weighted by molar-refractivity contribution is 0.00336. The van der Waals surface area contributed by atoms with Gasteiger partial charge in [0.05, 0.1) is 24.9 Å². The van der Waals surface area contributed by atoms with Crippen molar-refractivity contribution in [1.82, 2.24) is 19.8 Å². The molecule has 28 heavy (non-hydrogen) atoms. The van der Waals surface area contributed by atoms with Crippen LogP contribution in [0.3, 0.4) is 0 Å². The van der Waals surface area contributed by atoms with Crippen LogP contribution < -0.4 is 5.32 Å². The normalized spacial score (nSPS) is 17.4. The first-order chi connectivity index (χ1) is 13.7. The molecule has 3 heterocycles. The largest absolute Gasteiger partial charge is 0.373 e. The summed E-state index contributed by atoms with van der Waals surface area (Å²) in [6.07, 6.45) is 7.05. The lowest BCUT2D eigenvalue weighted by Gasteiger charge is -2.32. The quantitative estimate of drug-likeness (QED) is 0.858. The Morgan fingerprint density at radius 2 is 2.04 bits per heavy atom. The van der Waals surface area contributed by atoms with E-state index in [0.29, 0.717) is 25.2 Å². The summed E-state index contributed by atoms with van der Waals surface area (Å²) >= 11 is 0. The maximum atomic E-state index is 13.7. The number of halogens is 1. The average Bonchev–Trinajstić information content (AvgIpc) is 3.15. The average molecular weight is 386 g/mol. The second-order valence-electron chi connectivity index (χ2n) is 7.55. The molecule has 0 radical (unpaired) electrons. The summed E-state index contributed by atoms with van der Waals surface area (Å²) in [5.74, 6) is 0.892. The molecule has 1 fully saturated rings. The van der Waals surface area contributed by atoms with E-state index in [1.54, 1.807) is 12.1 Å². The molecule has 0 bridgehead atoms. The number of piperidine rings is 1. The number of imidazole rings is 1. The van der Waals surface area contributed by atoms with Crippen molar-refractivity contribution >= 4 is 6.03 Å². The van der Waals surface area contributed by atoms with Crippen LogP contribution in [-0.2, 0) is 30.9 Å². The fourth-order valence-electron chi connectivity index (χ4n) is 3.88. The van der Waals surface area contributed by atoms with Gasteiger partial charge in [-0.3, -0.25) is 0 Å². The van der Waals surface area contributed by atoms with E-state index in [0.717, 1.165) is 37.3 Å². The standard InChI is InChI=1S/C21H27FN4O2/c22-19-6-2-1-5-16(19)15-28-18-8-11-25(12-9-18)21(27)23-13-17-14-26-10-4-3-7-20(26)24-17/h1-2,5-6,14,18H,3-4,7-13,15H2,(H,23,27). The smallest absolute Gasteiger partial charge is 0.317 e. The Labute approximate surface area is 164 Å². The van der Waals surface area contributed by atoms with Crippen molar-refractivity contribution in [3.05, 3.63) is 53.4 Å². The molecule has 2 aliphatic heterocycles. The van der Waals surface area contributed by atoms with E-state index in [2.05, 4.69) is 21.1 Å². The topological polar surface area (TPSA) is 59.4 Å². The number of ether oxygens (including phenoxy) is 1. The molecule has 4 rings (SSSR count). The number of nitrogens with zero attached hydrogens (tertiary/aromatic N) is 3. The lowest BCUT2D eigenvalue weighted by Crippen LogP contribution is -2.45. The van der Waals surface area contributed by atoms with Crippen LogP contribution in [0.5, 0.6) is 0 Å². The fraction of sp³-hybridized carbons (Fsp3) is 0.524. The van der Waals surface area contributed by atoms with Gasteiger partial charge in [-0.25, -0.2) is 14.2 Å². The molecule has 2 aromatic rings. The van der Waals surface area contributed by atoms with Crippen molar-refractivity contribution in [1.29, 1.82) is 0 Å². The van der Waals surface area contributed by atoms with E-state index < -0.39 is 0 Å². The summed E-state index contributed by atoms with van der Waals surface area (Å²) in [5.41, 5.74) is 1.50. The van der Waals surface area contributed by atoms with Gasteiger partial charge in [0, 0.05) is 37.8 Å². The monoisotopic (exact) mass is 386 g/mol. The van der Waals surface area contributed by atoms with E-state index >= 15 is 0 Å².